The Kier molecular flexibility index (Phi) is 4.89. The van der Waals surface area contributed by atoms with Gasteiger partial charge in [-0.05, 0) is 53.1 Å². The van der Waals surface area contributed by atoms with Crippen molar-refractivity contribution in [1.29, 1.82) is 0 Å². The van der Waals surface area contributed by atoms with Crippen molar-refractivity contribution in [1.82, 2.24) is 9.47 Å². The van der Waals surface area contributed by atoms with Crippen molar-refractivity contribution in [2.24, 2.45) is 0 Å². The average molecular weight is 292 g/mol. The Labute approximate surface area is 128 Å². The van der Waals surface area contributed by atoms with Gasteiger partial charge in [0.1, 0.15) is 0 Å². The Hall–Kier alpha value is -1.13. The molecule has 1 aliphatic rings. The molecule has 0 bridgehead atoms. The maximum Gasteiger partial charge on any atom is 0.178 e. The van der Waals surface area contributed by atoms with E-state index >= 15 is 0 Å². The molecule has 0 saturated carbocycles. The van der Waals surface area contributed by atoms with Gasteiger partial charge in [-0.25, -0.2) is 0 Å². The molecule has 1 fully saturated rings. The van der Waals surface area contributed by atoms with Gasteiger partial charge in [0.05, 0.1) is 12.1 Å². The average Bonchev–Trinajstić information content (AvgIpc) is 2.73. The number of ether oxygens (including phenoxy) is 1. The number of methoxy groups -OCH3 is 1. The number of carbonyl (C=O) groups excluding carboxylic acids is 1. The fraction of sp³-hybridized carbons (Fsp3) is 0.706. The zero-order valence-corrected chi connectivity index (χ0v) is 14.0. The van der Waals surface area contributed by atoms with Gasteiger partial charge in [-0.1, -0.05) is 0 Å². The third kappa shape index (κ3) is 3.38. The summed E-state index contributed by atoms with van der Waals surface area (Å²) in [5.41, 5.74) is 3.02. The molecule has 0 spiro atoms. The molecule has 2 heterocycles. The molecule has 4 heteroatoms. The normalized spacial score (nSPS) is 23.5. The number of rotatable bonds is 5. The third-order valence-corrected chi connectivity index (χ3v) is 4.79. The number of Topliss-reactive ketones (excluding diaryl/α,β-unsaturated/α-hetero) is 1. The summed E-state index contributed by atoms with van der Waals surface area (Å²) in [5.74, 6) is 0.225. The number of nitrogens with zero attached hydrogens (tertiary/aromatic N) is 2. The van der Waals surface area contributed by atoms with Crippen molar-refractivity contribution in [3.05, 3.63) is 23.0 Å². The molecule has 2 rings (SSSR count). The van der Waals surface area contributed by atoms with E-state index in [4.69, 9.17) is 4.74 Å². The number of aromatic nitrogens is 1. The standard InChI is InChI=1S/C17H28N2O2/c1-6-19-13(2)10-15(14(19)3)16(20)11-18-9-7-8-17(4,12-18)21-5/h10H,6-9,11-12H2,1-5H3. The van der Waals surface area contributed by atoms with Crippen LogP contribution in [-0.2, 0) is 11.3 Å². The topological polar surface area (TPSA) is 34.5 Å². The highest BCUT2D eigenvalue weighted by Gasteiger charge is 2.31. The lowest BCUT2D eigenvalue weighted by atomic mass is 9.94. The molecule has 1 aliphatic heterocycles. The van der Waals surface area contributed by atoms with E-state index in [0.717, 1.165) is 43.7 Å². The van der Waals surface area contributed by atoms with Crippen LogP contribution in [0.25, 0.3) is 0 Å². The van der Waals surface area contributed by atoms with Crippen LogP contribution in [0.15, 0.2) is 6.07 Å². The molecule has 4 nitrogen and oxygen atoms in total. The second kappa shape index (κ2) is 6.32. The highest BCUT2D eigenvalue weighted by Crippen LogP contribution is 2.24. The molecule has 1 aromatic heterocycles. The van der Waals surface area contributed by atoms with Gasteiger partial charge < -0.3 is 9.30 Å². The number of likely N-dealkylation sites (tertiary alicyclic amines) is 1. The molecule has 0 aliphatic carbocycles. The summed E-state index contributed by atoms with van der Waals surface area (Å²) in [5, 5.41) is 0. The Bertz CT molecular complexity index is 521. The van der Waals surface area contributed by atoms with E-state index in [-0.39, 0.29) is 11.4 Å². The fourth-order valence-electron chi connectivity index (χ4n) is 3.47. The van der Waals surface area contributed by atoms with Gasteiger partial charge in [-0.2, -0.15) is 0 Å². The molecule has 118 valence electrons. The van der Waals surface area contributed by atoms with Crippen LogP contribution < -0.4 is 0 Å². The van der Waals surface area contributed by atoms with E-state index in [2.05, 4.69) is 30.2 Å². The Morgan fingerprint density at radius 2 is 2.14 bits per heavy atom. The molecular formula is C17H28N2O2. The van der Waals surface area contributed by atoms with Crippen molar-refractivity contribution in [3.63, 3.8) is 0 Å². The lowest BCUT2D eigenvalue weighted by molar-refractivity contribution is -0.0485. The predicted molar refractivity (Wildman–Crippen MR) is 85.0 cm³/mol. The summed E-state index contributed by atoms with van der Waals surface area (Å²) in [7, 11) is 1.76. The summed E-state index contributed by atoms with van der Waals surface area (Å²) < 4.78 is 7.80. The minimum atomic E-state index is -0.112. The van der Waals surface area contributed by atoms with Crippen LogP contribution >= 0.6 is 0 Å². The molecule has 1 aromatic rings. The number of hydrogen-bond donors (Lipinski definition) is 0. The number of piperidine rings is 1. The van der Waals surface area contributed by atoms with Crippen molar-refractivity contribution in [3.8, 4) is 0 Å². The zero-order valence-electron chi connectivity index (χ0n) is 14.0. The van der Waals surface area contributed by atoms with Gasteiger partial charge in [0, 0.05) is 37.2 Å². The van der Waals surface area contributed by atoms with Gasteiger partial charge in [0.15, 0.2) is 5.78 Å². The second-order valence-corrected chi connectivity index (χ2v) is 6.42. The first-order valence-electron chi connectivity index (χ1n) is 7.87. The lowest BCUT2D eigenvalue weighted by Gasteiger charge is -2.39. The van der Waals surface area contributed by atoms with Crippen LogP contribution in [0.4, 0.5) is 0 Å². The zero-order chi connectivity index (χ0) is 15.6. The molecule has 21 heavy (non-hydrogen) atoms. The van der Waals surface area contributed by atoms with E-state index in [1.54, 1.807) is 7.11 Å². The van der Waals surface area contributed by atoms with Gasteiger partial charge in [0.25, 0.3) is 0 Å². The van der Waals surface area contributed by atoms with Crippen molar-refractivity contribution >= 4 is 5.78 Å². The predicted octanol–water partition coefficient (Wildman–Crippen LogP) is 2.81. The minimum Gasteiger partial charge on any atom is -0.377 e. The number of hydrogen-bond acceptors (Lipinski definition) is 3. The van der Waals surface area contributed by atoms with Gasteiger partial charge in [-0.3, -0.25) is 9.69 Å². The summed E-state index contributed by atoms with van der Waals surface area (Å²) in [4.78, 5) is 14.8. The third-order valence-electron chi connectivity index (χ3n) is 4.79. The smallest absolute Gasteiger partial charge is 0.178 e. The lowest BCUT2D eigenvalue weighted by Crippen LogP contribution is -2.48. The summed E-state index contributed by atoms with van der Waals surface area (Å²) in [6.45, 7) is 11.6. The highest BCUT2D eigenvalue weighted by atomic mass is 16.5. The van der Waals surface area contributed by atoms with E-state index in [9.17, 15) is 4.79 Å². The van der Waals surface area contributed by atoms with Crippen molar-refractivity contribution < 1.29 is 9.53 Å². The molecule has 0 amide bonds. The van der Waals surface area contributed by atoms with E-state index < -0.39 is 0 Å². The van der Waals surface area contributed by atoms with Crippen LogP contribution in [0.1, 0.15) is 48.4 Å². The van der Waals surface area contributed by atoms with Crippen LogP contribution in [0.2, 0.25) is 0 Å². The van der Waals surface area contributed by atoms with Gasteiger partial charge in [0.2, 0.25) is 0 Å². The first kappa shape index (κ1) is 16.2. The van der Waals surface area contributed by atoms with E-state index in [1.807, 2.05) is 13.0 Å². The first-order chi connectivity index (χ1) is 9.90. The molecule has 0 radical (unpaired) electrons. The summed E-state index contributed by atoms with van der Waals surface area (Å²) in [6, 6.07) is 2.03. The molecular weight excluding hydrogens is 264 g/mol. The van der Waals surface area contributed by atoms with Crippen LogP contribution in [-0.4, -0.2) is 47.6 Å². The number of ketones is 1. The monoisotopic (exact) mass is 292 g/mol. The van der Waals surface area contributed by atoms with Crippen LogP contribution in [0.3, 0.4) is 0 Å². The summed E-state index contributed by atoms with van der Waals surface area (Å²) >= 11 is 0. The van der Waals surface area contributed by atoms with Crippen molar-refractivity contribution in [2.45, 2.75) is 52.7 Å². The molecule has 0 N–H and O–H groups in total. The SMILES string of the molecule is CCn1c(C)cc(C(=O)CN2CCCC(C)(OC)C2)c1C. The largest absolute Gasteiger partial charge is 0.377 e. The molecule has 0 aromatic carbocycles. The minimum absolute atomic E-state index is 0.112. The molecule has 1 saturated heterocycles. The Morgan fingerprint density at radius 1 is 1.43 bits per heavy atom. The van der Waals surface area contributed by atoms with Crippen LogP contribution in [0.5, 0.6) is 0 Å². The van der Waals surface area contributed by atoms with Gasteiger partial charge in [-0.15, -0.1) is 0 Å². The maximum atomic E-state index is 12.6. The number of carbonyl (C=O) groups is 1. The molecule has 1 atom stereocenters. The Balaban J connectivity index is 2.08. The maximum absolute atomic E-state index is 12.6. The summed E-state index contributed by atoms with van der Waals surface area (Å²) in [6.07, 6.45) is 2.16. The first-order valence-corrected chi connectivity index (χ1v) is 7.87. The van der Waals surface area contributed by atoms with Crippen LogP contribution in [0, 0.1) is 13.8 Å². The van der Waals surface area contributed by atoms with Crippen molar-refractivity contribution in [2.75, 3.05) is 26.7 Å². The quantitative estimate of drug-likeness (QED) is 0.783. The van der Waals surface area contributed by atoms with E-state index in [0.29, 0.717) is 6.54 Å². The Morgan fingerprint density at radius 3 is 2.71 bits per heavy atom. The highest BCUT2D eigenvalue weighted by molar-refractivity contribution is 5.99. The fourth-order valence-corrected chi connectivity index (χ4v) is 3.47. The second-order valence-electron chi connectivity index (χ2n) is 6.42. The number of aryl methyl sites for hydroxylation is 1. The van der Waals surface area contributed by atoms with E-state index in [1.165, 1.54) is 5.69 Å². The van der Waals surface area contributed by atoms with Gasteiger partial charge >= 0.3 is 0 Å². The molecule has 1 unspecified atom stereocenters.